The van der Waals surface area contributed by atoms with E-state index in [1.165, 1.54) is 96.3 Å². The van der Waals surface area contributed by atoms with E-state index in [9.17, 15) is 61.0 Å². The largest absolute Gasteiger partial charge is 0.394 e. The van der Waals surface area contributed by atoms with Crippen molar-refractivity contribution in [2.24, 2.45) is 0 Å². The van der Waals surface area contributed by atoms with Crippen LogP contribution in [0.3, 0.4) is 0 Å². The molecule has 3 saturated heterocycles. The van der Waals surface area contributed by atoms with Crippen molar-refractivity contribution in [2.45, 2.75) is 304 Å². The van der Waals surface area contributed by atoms with Gasteiger partial charge >= 0.3 is 0 Å². The van der Waals surface area contributed by atoms with Crippen molar-refractivity contribution in [3.8, 4) is 0 Å². The van der Waals surface area contributed by atoms with Crippen LogP contribution >= 0.6 is 0 Å². The van der Waals surface area contributed by atoms with Crippen molar-refractivity contribution in [2.75, 3.05) is 26.4 Å². The molecule has 0 aromatic heterocycles. The number of aliphatic hydroxyl groups is 11. The van der Waals surface area contributed by atoms with Gasteiger partial charge in [0.1, 0.15) is 73.2 Å². The highest BCUT2D eigenvalue weighted by Gasteiger charge is 2.53. The SMILES string of the molecule is CC/C=C\C/C=C\C/C=C\CCCCCCCC(=O)NC(COC1OC(CO)C(OC2OC(CO)C(OC3OC(CO)C(O)C(O)C3O)C(O)C2O)C(O)C1O)C(O)/C=C/CCCCCCCCCCCCCCCCCCCC. The van der Waals surface area contributed by atoms with Crippen molar-refractivity contribution in [1.29, 1.82) is 0 Å². The van der Waals surface area contributed by atoms with Gasteiger partial charge < -0.3 is 89.9 Å². The van der Waals surface area contributed by atoms with E-state index in [0.29, 0.717) is 6.42 Å². The summed E-state index contributed by atoms with van der Waals surface area (Å²) in [7, 11) is 0. The predicted molar refractivity (Wildman–Crippen MR) is 305 cm³/mol. The molecule has 3 heterocycles. The summed E-state index contributed by atoms with van der Waals surface area (Å²) in [5.41, 5.74) is 0. The van der Waals surface area contributed by atoms with Gasteiger partial charge in [0.15, 0.2) is 18.9 Å². The predicted octanol–water partition coefficient (Wildman–Crippen LogP) is 5.87. The Morgan fingerprint density at radius 2 is 0.863 bits per heavy atom. The first-order valence-electron chi connectivity index (χ1n) is 30.9. The second kappa shape index (κ2) is 44.3. The van der Waals surface area contributed by atoms with Crippen molar-refractivity contribution < 1.29 is 89.4 Å². The molecular weight excluding hydrogens is 1030 g/mol. The lowest BCUT2D eigenvalue weighted by molar-refractivity contribution is -0.379. The summed E-state index contributed by atoms with van der Waals surface area (Å²) in [6.45, 7) is 1.59. The Balaban J connectivity index is 1.50. The molecule has 19 nitrogen and oxygen atoms in total. The number of nitrogens with one attached hydrogen (secondary N) is 1. The van der Waals surface area contributed by atoms with E-state index in [1.54, 1.807) is 6.08 Å². The average molecular weight is 1140 g/mol. The third-order valence-electron chi connectivity index (χ3n) is 15.4. The number of ether oxygens (including phenoxy) is 6. The fraction of sp³-hybridized carbons (Fsp3) is 0.852. The van der Waals surface area contributed by atoms with Gasteiger partial charge in [0.2, 0.25) is 5.91 Å². The fourth-order valence-electron chi connectivity index (χ4n) is 10.3. The highest BCUT2D eigenvalue weighted by Crippen LogP contribution is 2.33. The molecule has 1 amide bonds. The van der Waals surface area contributed by atoms with Crippen LogP contribution in [-0.4, -0.2) is 193 Å². The number of hydrogen-bond acceptors (Lipinski definition) is 18. The van der Waals surface area contributed by atoms with Gasteiger partial charge in [-0.3, -0.25) is 4.79 Å². The molecular formula is C61H109NO18. The number of carbonyl (C=O) groups excluding carboxylic acids is 1. The van der Waals surface area contributed by atoms with Crippen LogP contribution in [0.4, 0.5) is 0 Å². The molecule has 3 aliphatic rings. The summed E-state index contributed by atoms with van der Waals surface area (Å²) < 4.78 is 34.2. The molecule has 466 valence electrons. The van der Waals surface area contributed by atoms with Crippen LogP contribution in [0, 0.1) is 0 Å². The van der Waals surface area contributed by atoms with Crippen molar-refractivity contribution in [3.05, 3.63) is 48.6 Å². The molecule has 19 heteroatoms. The Hall–Kier alpha value is -2.25. The van der Waals surface area contributed by atoms with Crippen molar-refractivity contribution >= 4 is 5.91 Å². The normalized spacial score (nSPS) is 30.3. The van der Waals surface area contributed by atoms with E-state index in [-0.39, 0.29) is 18.9 Å². The first-order valence-corrected chi connectivity index (χ1v) is 30.9. The zero-order chi connectivity index (χ0) is 58.3. The molecule has 17 atom stereocenters. The number of allylic oxidation sites excluding steroid dienone is 7. The molecule has 3 rings (SSSR count). The summed E-state index contributed by atoms with van der Waals surface area (Å²) in [6.07, 6.45) is 22.3. The Kier molecular flexibility index (Phi) is 39.8. The Labute approximate surface area is 478 Å². The lowest BCUT2D eigenvalue weighted by Gasteiger charge is -2.48. The minimum atomic E-state index is -1.98. The van der Waals surface area contributed by atoms with Gasteiger partial charge in [0, 0.05) is 6.42 Å². The minimum Gasteiger partial charge on any atom is -0.394 e. The smallest absolute Gasteiger partial charge is 0.220 e. The average Bonchev–Trinajstić information content (AvgIpc) is 3.50. The summed E-state index contributed by atoms with van der Waals surface area (Å²) in [5, 5.41) is 120. The van der Waals surface area contributed by atoms with Gasteiger partial charge in [-0.05, 0) is 51.4 Å². The molecule has 0 saturated carbocycles. The number of rotatable bonds is 45. The van der Waals surface area contributed by atoms with Crippen LogP contribution in [0.25, 0.3) is 0 Å². The maximum absolute atomic E-state index is 13.3. The van der Waals surface area contributed by atoms with E-state index in [4.69, 9.17) is 28.4 Å². The van der Waals surface area contributed by atoms with Gasteiger partial charge in [-0.2, -0.15) is 0 Å². The Morgan fingerprint density at radius 1 is 0.463 bits per heavy atom. The maximum atomic E-state index is 13.3. The standard InChI is InChI=1S/C61H109NO18/c1-3-5-7-9-11-13-15-17-19-20-21-22-23-25-26-28-30-32-34-36-38-45(66)44(62-49(67)39-37-35-33-31-29-27-24-18-16-14-12-10-8-6-4-2)43-75-59-55(73)52(70)57(47(41-64)77-59)80-61-56(74)53(71)58(48(42-65)78-61)79-60-54(72)51(69)50(68)46(40-63)76-60/h6,8,12,14,18,24,36,38,44-48,50-61,63-66,68-74H,3-5,7,9-11,13,15-17,19-23,25-35,37,39-43H2,1-2H3,(H,62,67)/b8-6-,14-12-,24-18-,38-36+. The topological polar surface area (TPSA) is 307 Å². The van der Waals surface area contributed by atoms with Crippen LogP contribution in [-0.2, 0) is 33.2 Å². The fourth-order valence-corrected chi connectivity index (χ4v) is 10.3. The number of hydrogen-bond donors (Lipinski definition) is 12. The van der Waals surface area contributed by atoms with Gasteiger partial charge in [0.25, 0.3) is 0 Å². The van der Waals surface area contributed by atoms with Crippen LogP contribution < -0.4 is 5.32 Å². The molecule has 3 fully saturated rings. The first-order chi connectivity index (χ1) is 38.8. The number of aliphatic hydroxyl groups excluding tert-OH is 11. The van der Waals surface area contributed by atoms with E-state index in [2.05, 4.69) is 55.6 Å². The zero-order valence-corrected chi connectivity index (χ0v) is 48.5. The molecule has 0 radical (unpaired) electrons. The van der Waals surface area contributed by atoms with E-state index < -0.39 is 124 Å². The Bertz CT molecular complexity index is 1650. The third-order valence-corrected chi connectivity index (χ3v) is 15.4. The second-order valence-corrected chi connectivity index (χ2v) is 22.1. The summed E-state index contributed by atoms with van der Waals surface area (Å²) in [4.78, 5) is 13.3. The van der Waals surface area contributed by atoms with Crippen LogP contribution in [0.1, 0.15) is 200 Å². The molecule has 0 bridgehead atoms. The van der Waals surface area contributed by atoms with Gasteiger partial charge in [-0.25, -0.2) is 0 Å². The molecule has 0 aliphatic carbocycles. The van der Waals surface area contributed by atoms with Crippen LogP contribution in [0.5, 0.6) is 0 Å². The molecule has 0 aromatic carbocycles. The van der Waals surface area contributed by atoms with Crippen molar-refractivity contribution in [3.63, 3.8) is 0 Å². The lowest BCUT2D eigenvalue weighted by Crippen LogP contribution is -2.66. The van der Waals surface area contributed by atoms with E-state index >= 15 is 0 Å². The summed E-state index contributed by atoms with van der Waals surface area (Å²) in [6, 6.07) is -0.983. The quantitative estimate of drug-likeness (QED) is 0.0250. The number of amides is 1. The molecule has 3 aliphatic heterocycles. The molecule has 80 heavy (non-hydrogen) atoms. The highest BCUT2D eigenvalue weighted by atomic mass is 16.8. The third kappa shape index (κ3) is 27.6. The van der Waals surface area contributed by atoms with Crippen LogP contribution in [0.15, 0.2) is 48.6 Å². The van der Waals surface area contributed by atoms with Crippen molar-refractivity contribution in [1.82, 2.24) is 5.32 Å². The minimum absolute atomic E-state index is 0.223. The molecule has 12 N–H and O–H groups in total. The summed E-state index contributed by atoms with van der Waals surface area (Å²) in [5.74, 6) is -0.294. The molecule has 0 aromatic rings. The molecule has 17 unspecified atom stereocenters. The van der Waals surface area contributed by atoms with E-state index in [1.807, 2.05) is 6.08 Å². The van der Waals surface area contributed by atoms with Crippen LogP contribution in [0.2, 0.25) is 0 Å². The van der Waals surface area contributed by atoms with Gasteiger partial charge in [-0.1, -0.05) is 191 Å². The Morgan fingerprint density at radius 3 is 1.35 bits per heavy atom. The highest BCUT2D eigenvalue weighted by molar-refractivity contribution is 5.76. The maximum Gasteiger partial charge on any atom is 0.220 e. The number of unbranched alkanes of at least 4 members (excludes halogenated alkanes) is 23. The second-order valence-electron chi connectivity index (χ2n) is 22.1. The van der Waals surface area contributed by atoms with E-state index in [0.717, 1.165) is 77.0 Å². The first kappa shape index (κ1) is 72.0. The monoisotopic (exact) mass is 1140 g/mol. The zero-order valence-electron chi connectivity index (χ0n) is 48.5. The molecule has 0 spiro atoms. The lowest BCUT2D eigenvalue weighted by atomic mass is 9.96. The number of carbonyl (C=O) groups is 1. The van der Waals surface area contributed by atoms with Gasteiger partial charge in [0.05, 0.1) is 38.6 Å². The van der Waals surface area contributed by atoms with Gasteiger partial charge in [-0.15, -0.1) is 0 Å². The summed E-state index contributed by atoms with van der Waals surface area (Å²) >= 11 is 0.